The third kappa shape index (κ3) is 4.54. The Hall–Kier alpha value is -0.770. The van der Waals surface area contributed by atoms with Gasteiger partial charge < -0.3 is 15.2 Å². The molecule has 4 heteroatoms. The van der Waals surface area contributed by atoms with Gasteiger partial charge in [-0.15, -0.1) is 0 Å². The van der Waals surface area contributed by atoms with Crippen molar-refractivity contribution in [2.45, 2.75) is 25.8 Å². The van der Waals surface area contributed by atoms with E-state index in [0.717, 1.165) is 11.3 Å². The summed E-state index contributed by atoms with van der Waals surface area (Å²) in [6.07, 6.45) is 0.663. The first kappa shape index (κ1) is 14.3. The number of hydrogen-bond acceptors (Lipinski definition) is 3. The van der Waals surface area contributed by atoms with E-state index in [2.05, 4.69) is 0 Å². The Morgan fingerprint density at radius 2 is 2.12 bits per heavy atom. The zero-order valence-corrected chi connectivity index (χ0v) is 11.4. The van der Waals surface area contributed by atoms with E-state index in [0.29, 0.717) is 24.7 Å². The van der Waals surface area contributed by atoms with E-state index in [1.54, 1.807) is 13.2 Å². The zero-order chi connectivity index (χ0) is 12.9. The van der Waals surface area contributed by atoms with Crippen LogP contribution >= 0.6 is 11.6 Å². The molecule has 0 saturated heterocycles. The van der Waals surface area contributed by atoms with E-state index in [4.69, 9.17) is 26.8 Å². The fourth-order valence-electron chi connectivity index (χ4n) is 1.71. The Bertz CT molecular complexity index is 366. The maximum Gasteiger partial charge on any atom is 0.122 e. The van der Waals surface area contributed by atoms with Crippen molar-refractivity contribution in [1.82, 2.24) is 0 Å². The van der Waals surface area contributed by atoms with Crippen molar-refractivity contribution in [2.75, 3.05) is 20.3 Å². The summed E-state index contributed by atoms with van der Waals surface area (Å²) in [4.78, 5) is 0. The van der Waals surface area contributed by atoms with E-state index in [1.807, 2.05) is 26.0 Å². The Labute approximate surface area is 108 Å². The van der Waals surface area contributed by atoms with Crippen LogP contribution in [0.25, 0.3) is 0 Å². The van der Waals surface area contributed by atoms with Gasteiger partial charge in [-0.1, -0.05) is 11.6 Å². The highest BCUT2D eigenvalue weighted by atomic mass is 35.5. The molecule has 0 aliphatic rings. The molecule has 2 N–H and O–H groups in total. The van der Waals surface area contributed by atoms with Crippen molar-refractivity contribution >= 4 is 11.6 Å². The fraction of sp³-hybridized carbons (Fsp3) is 0.538. The van der Waals surface area contributed by atoms with Crippen LogP contribution in [0, 0.1) is 0 Å². The molecule has 3 nitrogen and oxygen atoms in total. The molecule has 1 atom stereocenters. The molecule has 0 heterocycles. The highest BCUT2D eigenvalue weighted by molar-refractivity contribution is 6.30. The molecule has 0 radical (unpaired) electrons. The largest absolute Gasteiger partial charge is 0.496 e. The van der Waals surface area contributed by atoms with Crippen molar-refractivity contribution in [2.24, 2.45) is 5.73 Å². The second-order valence-corrected chi connectivity index (χ2v) is 4.86. The van der Waals surface area contributed by atoms with Crippen molar-refractivity contribution < 1.29 is 9.47 Å². The van der Waals surface area contributed by atoms with Gasteiger partial charge in [-0.05, 0) is 44.0 Å². The van der Waals surface area contributed by atoms with Crippen LogP contribution in [-0.2, 0) is 11.2 Å². The molecule has 0 amide bonds. The van der Waals surface area contributed by atoms with Gasteiger partial charge in [0.15, 0.2) is 0 Å². The second-order valence-electron chi connectivity index (χ2n) is 4.42. The first-order chi connectivity index (χ1) is 7.98. The first-order valence-electron chi connectivity index (χ1n) is 5.67. The number of methoxy groups -OCH3 is 1. The van der Waals surface area contributed by atoms with Gasteiger partial charge >= 0.3 is 0 Å². The molecule has 0 saturated carbocycles. The van der Waals surface area contributed by atoms with Gasteiger partial charge in [-0.25, -0.2) is 0 Å². The standard InChI is InChI=1S/C13H20ClNO2/c1-4-17-9-13(2,15)8-10-7-11(14)5-6-12(10)16-3/h5-7H,4,8-9,15H2,1-3H3. The lowest BCUT2D eigenvalue weighted by atomic mass is 9.94. The van der Waals surface area contributed by atoms with Gasteiger partial charge in [0.05, 0.1) is 13.7 Å². The molecule has 0 aliphatic carbocycles. The number of hydrogen-bond donors (Lipinski definition) is 1. The molecule has 1 aromatic rings. The predicted octanol–water partition coefficient (Wildman–Crippen LogP) is 2.65. The van der Waals surface area contributed by atoms with Crippen LogP contribution in [0.4, 0.5) is 0 Å². The molecule has 0 fully saturated rings. The highest BCUT2D eigenvalue weighted by Gasteiger charge is 2.21. The van der Waals surface area contributed by atoms with Gasteiger partial charge in [-0.2, -0.15) is 0 Å². The number of nitrogens with two attached hydrogens (primary N) is 1. The third-order valence-corrected chi connectivity index (χ3v) is 2.71. The van der Waals surface area contributed by atoms with E-state index in [-0.39, 0.29) is 0 Å². The molecular formula is C13H20ClNO2. The Balaban J connectivity index is 2.82. The van der Waals surface area contributed by atoms with Gasteiger partial charge in [0.1, 0.15) is 5.75 Å². The molecule has 0 aromatic heterocycles. The van der Waals surface area contributed by atoms with E-state index in [9.17, 15) is 0 Å². The minimum absolute atomic E-state index is 0.423. The average Bonchev–Trinajstić information content (AvgIpc) is 2.26. The van der Waals surface area contributed by atoms with Crippen molar-refractivity contribution in [3.63, 3.8) is 0 Å². The molecule has 1 unspecified atom stereocenters. The van der Waals surface area contributed by atoms with Gasteiger partial charge in [0.2, 0.25) is 0 Å². The molecular weight excluding hydrogens is 238 g/mol. The fourth-order valence-corrected chi connectivity index (χ4v) is 1.90. The van der Waals surface area contributed by atoms with Crippen molar-refractivity contribution in [3.05, 3.63) is 28.8 Å². The minimum atomic E-state index is -0.423. The lowest BCUT2D eigenvalue weighted by molar-refractivity contribution is 0.101. The third-order valence-electron chi connectivity index (χ3n) is 2.47. The first-order valence-corrected chi connectivity index (χ1v) is 6.05. The van der Waals surface area contributed by atoms with Crippen molar-refractivity contribution in [1.29, 1.82) is 0 Å². The molecule has 96 valence electrons. The number of benzene rings is 1. The number of rotatable bonds is 6. The second kappa shape index (κ2) is 6.24. The summed E-state index contributed by atoms with van der Waals surface area (Å²) in [5, 5.41) is 0.688. The van der Waals surface area contributed by atoms with Gasteiger partial charge in [-0.3, -0.25) is 0 Å². The van der Waals surface area contributed by atoms with Crippen LogP contribution in [0.5, 0.6) is 5.75 Å². The maximum atomic E-state index is 6.18. The number of halogens is 1. The average molecular weight is 258 g/mol. The maximum absolute atomic E-state index is 6.18. The minimum Gasteiger partial charge on any atom is -0.496 e. The Morgan fingerprint density at radius 3 is 2.71 bits per heavy atom. The van der Waals surface area contributed by atoms with Crippen LogP contribution in [0.3, 0.4) is 0 Å². The van der Waals surface area contributed by atoms with Gasteiger partial charge in [0, 0.05) is 17.2 Å². The van der Waals surface area contributed by atoms with Crippen LogP contribution < -0.4 is 10.5 Å². The summed E-state index contributed by atoms with van der Waals surface area (Å²) < 4.78 is 10.7. The SMILES string of the molecule is CCOCC(C)(N)Cc1cc(Cl)ccc1OC. The van der Waals surface area contributed by atoms with Crippen molar-refractivity contribution in [3.8, 4) is 5.75 Å². The van der Waals surface area contributed by atoms with Crippen LogP contribution in [0.1, 0.15) is 19.4 Å². The molecule has 1 aromatic carbocycles. The summed E-state index contributed by atoms with van der Waals surface area (Å²) in [6, 6.07) is 5.55. The summed E-state index contributed by atoms with van der Waals surface area (Å²) in [5.74, 6) is 0.808. The zero-order valence-electron chi connectivity index (χ0n) is 10.6. The summed E-state index contributed by atoms with van der Waals surface area (Å²) >= 11 is 5.98. The highest BCUT2D eigenvalue weighted by Crippen LogP contribution is 2.25. The van der Waals surface area contributed by atoms with Crippen LogP contribution in [0.2, 0.25) is 5.02 Å². The smallest absolute Gasteiger partial charge is 0.122 e. The van der Waals surface area contributed by atoms with Gasteiger partial charge in [0.25, 0.3) is 0 Å². The van der Waals surface area contributed by atoms with Crippen LogP contribution in [0.15, 0.2) is 18.2 Å². The Kier molecular flexibility index (Phi) is 5.25. The quantitative estimate of drug-likeness (QED) is 0.852. The summed E-state index contributed by atoms with van der Waals surface area (Å²) in [7, 11) is 1.64. The number of ether oxygens (including phenoxy) is 2. The van der Waals surface area contributed by atoms with E-state index in [1.165, 1.54) is 0 Å². The predicted molar refractivity (Wildman–Crippen MR) is 70.8 cm³/mol. The molecule has 1 rings (SSSR count). The molecule has 17 heavy (non-hydrogen) atoms. The normalized spacial score (nSPS) is 14.4. The lowest BCUT2D eigenvalue weighted by Crippen LogP contribution is -2.43. The monoisotopic (exact) mass is 257 g/mol. The van der Waals surface area contributed by atoms with E-state index >= 15 is 0 Å². The Morgan fingerprint density at radius 1 is 1.41 bits per heavy atom. The lowest BCUT2D eigenvalue weighted by Gasteiger charge is -2.25. The van der Waals surface area contributed by atoms with E-state index < -0.39 is 5.54 Å². The summed E-state index contributed by atoms with van der Waals surface area (Å²) in [5.41, 5.74) is 6.77. The van der Waals surface area contributed by atoms with Crippen LogP contribution in [-0.4, -0.2) is 25.9 Å². The molecule has 0 aliphatic heterocycles. The topological polar surface area (TPSA) is 44.5 Å². The molecule has 0 spiro atoms. The molecule has 0 bridgehead atoms. The summed E-state index contributed by atoms with van der Waals surface area (Å²) in [6.45, 7) is 5.09.